The highest BCUT2D eigenvalue weighted by atomic mass is 79.9. The molecule has 0 aliphatic carbocycles. The second-order valence-corrected chi connectivity index (χ2v) is 5.80. The Morgan fingerprint density at radius 1 is 1.18 bits per heavy atom. The van der Waals surface area contributed by atoms with Crippen molar-refractivity contribution in [2.45, 2.75) is 6.42 Å². The van der Waals surface area contributed by atoms with Crippen molar-refractivity contribution in [1.29, 1.82) is 0 Å². The number of carbonyl (C=O) groups is 1. The Labute approximate surface area is 136 Å². The van der Waals surface area contributed by atoms with Crippen LogP contribution in [0.5, 0.6) is 0 Å². The molecule has 0 aliphatic heterocycles. The number of nitrogens with zero attached hydrogens (tertiary/aromatic N) is 1. The van der Waals surface area contributed by atoms with E-state index in [9.17, 15) is 4.79 Å². The summed E-state index contributed by atoms with van der Waals surface area (Å²) in [6.45, 7) is 0. The number of halogens is 1. The fourth-order valence-corrected chi connectivity index (χ4v) is 2.48. The van der Waals surface area contributed by atoms with Crippen molar-refractivity contribution >= 4 is 39.0 Å². The molecule has 0 unspecified atom stereocenters. The Morgan fingerprint density at radius 3 is 2.77 bits per heavy atom. The van der Waals surface area contributed by atoms with E-state index < -0.39 is 0 Å². The fourth-order valence-electron chi connectivity index (χ4n) is 2.22. The molecule has 0 bridgehead atoms. The molecule has 22 heavy (non-hydrogen) atoms. The summed E-state index contributed by atoms with van der Waals surface area (Å²) in [6, 6.07) is 15.6. The molecule has 0 aliphatic rings. The van der Waals surface area contributed by atoms with Crippen LogP contribution in [0.15, 0.2) is 64.3 Å². The van der Waals surface area contributed by atoms with E-state index in [2.05, 4.69) is 31.4 Å². The molecule has 1 aromatic heterocycles. The number of benzene rings is 2. The summed E-state index contributed by atoms with van der Waals surface area (Å²) in [5, 5.41) is 5.05. The molecule has 0 spiro atoms. The van der Waals surface area contributed by atoms with Crippen molar-refractivity contribution in [3.05, 3.63) is 70.3 Å². The number of hydrazone groups is 1. The van der Waals surface area contributed by atoms with Gasteiger partial charge in [-0.2, -0.15) is 5.10 Å². The maximum absolute atomic E-state index is 12.0. The maximum atomic E-state index is 12.0. The van der Waals surface area contributed by atoms with Crippen molar-refractivity contribution in [2.24, 2.45) is 5.10 Å². The molecular formula is C17H14BrN3O. The first-order valence-electron chi connectivity index (χ1n) is 6.85. The molecule has 2 aromatic carbocycles. The number of hydrogen-bond donors (Lipinski definition) is 2. The lowest BCUT2D eigenvalue weighted by Crippen LogP contribution is -2.19. The molecule has 2 N–H and O–H groups in total. The van der Waals surface area contributed by atoms with E-state index in [1.807, 2.05) is 54.7 Å². The van der Waals surface area contributed by atoms with Crippen LogP contribution >= 0.6 is 15.9 Å². The van der Waals surface area contributed by atoms with Gasteiger partial charge in [0.2, 0.25) is 5.91 Å². The number of aromatic nitrogens is 1. The predicted molar refractivity (Wildman–Crippen MR) is 91.9 cm³/mol. The van der Waals surface area contributed by atoms with E-state index in [1.165, 1.54) is 0 Å². The van der Waals surface area contributed by atoms with Gasteiger partial charge in [0.05, 0.1) is 12.6 Å². The molecule has 1 amide bonds. The summed E-state index contributed by atoms with van der Waals surface area (Å²) in [6.07, 6.45) is 3.78. The van der Waals surface area contributed by atoms with Gasteiger partial charge in [0.15, 0.2) is 0 Å². The molecule has 0 saturated heterocycles. The molecule has 0 saturated carbocycles. The lowest BCUT2D eigenvalue weighted by Gasteiger charge is -1.99. The number of carbonyl (C=O) groups excluding carboxylic acids is 1. The number of hydrogen-bond acceptors (Lipinski definition) is 2. The minimum Gasteiger partial charge on any atom is -0.361 e. The molecule has 0 fully saturated rings. The van der Waals surface area contributed by atoms with Gasteiger partial charge in [-0.05, 0) is 29.3 Å². The SMILES string of the molecule is O=C(Cc1c[nH]c2ccccc12)NN=Cc1ccc(Br)cc1. The van der Waals surface area contributed by atoms with Gasteiger partial charge in [0, 0.05) is 21.6 Å². The van der Waals surface area contributed by atoms with Gasteiger partial charge < -0.3 is 4.98 Å². The van der Waals surface area contributed by atoms with Gasteiger partial charge in [-0.15, -0.1) is 0 Å². The summed E-state index contributed by atoms with van der Waals surface area (Å²) in [5.74, 6) is -0.141. The van der Waals surface area contributed by atoms with Crippen LogP contribution in [0, 0.1) is 0 Å². The third-order valence-electron chi connectivity index (χ3n) is 3.30. The quantitative estimate of drug-likeness (QED) is 0.544. The smallest absolute Gasteiger partial charge is 0.244 e. The highest BCUT2D eigenvalue weighted by Gasteiger charge is 2.07. The summed E-state index contributed by atoms with van der Waals surface area (Å²) in [7, 11) is 0. The van der Waals surface area contributed by atoms with Gasteiger partial charge in [-0.1, -0.05) is 46.3 Å². The standard InChI is InChI=1S/C17H14BrN3O/c18-14-7-5-12(6-8-14)10-20-21-17(22)9-13-11-19-16-4-2-1-3-15(13)16/h1-8,10-11,19H,9H2,(H,21,22). The summed E-state index contributed by atoms with van der Waals surface area (Å²) < 4.78 is 1.01. The number of amides is 1. The first-order valence-corrected chi connectivity index (χ1v) is 7.64. The van der Waals surface area contributed by atoms with E-state index in [1.54, 1.807) is 6.21 Å². The van der Waals surface area contributed by atoms with Crippen molar-refractivity contribution in [2.75, 3.05) is 0 Å². The minimum atomic E-state index is -0.141. The van der Waals surface area contributed by atoms with Gasteiger partial charge in [-0.3, -0.25) is 4.79 Å². The average molecular weight is 356 g/mol. The number of H-pyrrole nitrogens is 1. The van der Waals surface area contributed by atoms with Crippen LogP contribution in [0.4, 0.5) is 0 Å². The van der Waals surface area contributed by atoms with Crippen molar-refractivity contribution < 1.29 is 4.79 Å². The van der Waals surface area contributed by atoms with Crippen LogP contribution < -0.4 is 5.43 Å². The Kier molecular flexibility index (Phi) is 4.34. The number of fused-ring (bicyclic) bond motifs is 1. The zero-order valence-electron chi connectivity index (χ0n) is 11.7. The van der Waals surface area contributed by atoms with Crippen molar-refractivity contribution in [1.82, 2.24) is 10.4 Å². The molecule has 0 atom stereocenters. The van der Waals surface area contributed by atoms with Gasteiger partial charge in [0.1, 0.15) is 0 Å². The number of aromatic amines is 1. The molecule has 4 nitrogen and oxygen atoms in total. The lowest BCUT2D eigenvalue weighted by molar-refractivity contribution is -0.120. The molecule has 3 aromatic rings. The van der Waals surface area contributed by atoms with Crippen LogP contribution in [0.3, 0.4) is 0 Å². The number of nitrogens with one attached hydrogen (secondary N) is 2. The topological polar surface area (TPSA) is 57.2 Å². The predicted octanol–water partition coefficient (Wildman–Crippen LogP) is 3.62. The first kappa shape index (κ1) is 14.5. The molecule has 3 rings (SSSR count). The Morgan fingerprint density at radius 2 is 1.95 bits per heavy atom. The van der Waals surface area contributed by atoms with E-state index in [0.717, 1.165) is 26.5 Å². The summed E-state index contributed by atoms with van der Waals surface area (Å²) in [5.41, 5.74) is 5.48. The van der Waals surface area contributed by atoms with E-state index >= 15 is 0 Å². The van der Waals surface area contributed by atoms with E-state index in [4.69, 9.17) is 0 Å². The second kappa shape index (κ2) is 6.58. The van der Waals surface area contributed by atoms with Crippen LogP contribution in [-0.2, 0) is 11.2 Å². The molecule has 0 radical (unpaired) electrons. The zero-order valence-corrected chi connectivity index (χ0v) is 13.3. The molecule has 5 heteroatoms. The normalized spacial score (nSPS) is 11.1. The van der Waals surface area contributed by atoms with Crippen molar-refractivity contribution in [3.63, 3.8) is 0 Å². The van der Waals surface area contributed by atoms with Gasteiger partial charge >= 0.3 is 0 Å². The molecule has 1 heterocycles. The molecule has 110 valence electrons. The van der Waals surface area contributed by atoms with Crippen LogP contribution in [0.2, 0.25) is 0 Å². The van der Waals surface area contributed by atoms with Crippen LogP contribution in [0.25, 0.3) is 10.9 Å². The summed E-state index contributed by atoms with van der Waals surface area (Å²) >= 11 is 3.37. The Balaban J connectivity index is 1.62. The minimum absolute atomic E-state index is 0.141. The highest BCUT2D eigenvalue weighted by Crippen LogP contribution is 2.17. The fraction of sp³-hybridized carbons (Fsp3) is 0.0588. The number of para-hydroxylation sites is 1. The first-order chi connectivity index (χ1) is 10.7. The second-order valence-electron chi connectivity index (χ2n) is 4.88. The van der Waals surface area contributed by atoms with Crippen LogP contribution in [0.1, 0.15) is 11.1 Å². The lowest BCUT2D eigenvalue weighted by atomic mass is 10.1. The Hall–Kier alpha value is -2.40. The van der Waals surface area contributed by atoms with Gasteiger partial charge in [-0.25, -0.2) is 5.43 Å². The van der Waals surface area contributed by atoms with Crippen molar-refractivity contribution in [3.8, 4) is 0 Å². The largest absolute Gasteiger partial charge is 0.361 e. The maximum Gasteiger partial charge on any atom is 0.244 e. The average Bonchev–Trinajstić information content (AvgIpc) is 2.93. The summed E-state index contributed by atoms with van der Waals surface area (Å²) in [4.78, 5) is 15.1. The highest BCUT2D eigenvalue weighted by molar-refractivity contribution is 9.10. The third-order valence-corrected chi connectivity index (χ3v) is 3.83. The van der Waals surface area contributed by atoms with E-state index in [-0.39, 0.29) is 5.91 Å². The Bertz CT molecular complexity index is 821. The van der Waals surface area contributed by atoms with E-state index in [0.29, 0.717) is 6.42 Å². The van der Waals surface area contributed by atoms with Gasteiger partial charge in [0.25, 0.3) is 0 Å². The van der Waals surface area contributed by atoms with Crippen LogP contribution in [-0.4, -0.2) is 17.1 Å². The zero-order chi connectivity index (χ0) is 15.4. The monoisotopic (exact) mass is 355 g/mol. The third kappa shape index (κ3) is 3.43. The number of rotatable bonds is 4. The molecular weight excluding hydrogens is 342 g/mol.